The lowest BCUT2D eigenvalue weighted by Gasteiger charge is -2.38. The van der Waals surface area contributed by atoms with Crippen molar-refractivity contribution in [3.05, 3.63) is 12.7 Å². The average Bonchev–Trinajstić information content (AvgIpc) is 2.20. The predicted molar refractivity (Wildman–Crippen MR) is 78.2 cm³/mol. The third-order valence-electron chi connectivity index (χ3n) is 3.18. The van der Waals surface area contributed by atoms with Gasteiger partial charge in [-0.2, -0.15) is 0 Å². The quantitative estimate of drug-likeness (QED) is 0.728. The van der Waals surface area contributed by atoms with E-state index in [1.54, 1.807) is 0 Å². The predicted octanol–water partition coefficient (Wildman–Crippen LogP) is 2.99. The molecule has 0 aliphatic heterocycles. The number of carbonyl (C=O) groups is 1. The van der Waals surface area contributed by atoms with Gasteiger partial charge in [-0.15, -0.1) is 6.58 Å². The van der Waals surface area contributed by atoms with E-state index < -0.39 is 5.60 Å². The minimum atomic E-state index is -0.426. The molecule has 1 aliphatic carbocycles. The van der Waals surface area contributed by atoms with Crippen molar-refractivity contribution in [2.75, 3.05) is 0 Å². The lowest BCUT2D eigenvalue weighted by molar-refractivity contribution is 0.0463. The Balaban J connectivity index is 2.13. The van der Waals surface area contributed by atoms with E-state index in [9.17, 15) is 4.79 Å². The van der Waals surface area contributed by atoms with Crippen LogP contribution in [0.2, 0.25) is 0 Å². The highest BCUT2D eigenvalue weighted by Gasteiger charge is 2.31. The van der Waals surface area contributed by atoms with Crippen LogP contribution in [-0.4, -0.2) is 29.8 Å². The maximum atomic E-state index is 11.6. The summed E-state index contributed by atoms with van der Waals surface area (Å²) in [7, 11) is 0. The number of ether oxygens (including phenoxy) is 1. The Hall–Kier alpha value is -1.03. The third kappa shape index (κ3) is 6.62. The summed E-state index contributed by atoms with van der Waals surface area (Å²) in [5.41, 5.74) is -0.426. The molecule has 1 rings (SSSR count). The molecule has 1 atom stereocenters. The Bertz CT molecular complexity index is 304. The molecule has 4 nitrogen and oxygen atoms in total. The zero-order valence-electron chi connectivity index (χ0n) is 12.7. The number of hydrogen-bond acceptors (Lipinski definition) is 3. The molecule has 1 aliphatic rings. The van der Waals surface area contributed by atoms with E-state index in [4.69, 9.17) is 4.74 Å². The zero-order chi connectivity index (χ0) is 14.5. The Morgan fingerprint density at radius 2 is 2.05 bits per heavy atom. The van der Waals surface area contributed by atoms with Gasteiger partial charge < -0.3 is 15.4 Å². The van der Waals surface area contributed by atoms with Gasteiger partial charge in [0.2, 0.25) is 0 Å². The highest BCUT2D eigenvalue weighted by Crippen LogP contribution is 2.21. The van der Waals surface area contributed by atoms with Crippen LogP contribution in [0.15, 0.2) is 12.7 Å². The highest BCUT2D eigenvalue weighted by molar-refractivity contribution is 5.68. The molecule has 0 saturated heterocycles. The van der Waals surface area contributed by atoms with Crippen molar-refractivity contribution in [2.45, 2.75) is 77.1 Å². The fourth-order valence-electron chi connectivity index (χ4n) is 2.20. The summed E-state index contributed by atoms with van der Waals surface area (Å²) < 4.78 is 5.23. The van der Waals surface area contributed by atoms with Crippen LogP contribution in [0.1, 0.15) is 53.4 Å². The van der Waals surface area contributed by atoms with Gasteiger partial charge in [0.25, 0.3) is 0 Å². The molecule has 4 heteroatoms. The van der Waals surface area contributed by atoms with Crippen molar-refractivity contribution in [1.29, 1.82) is 0 Å². The first-order valence-corrected chi connectivity index (χ1v) is 7.16. The third-order valence-corrected chi connectivity index (χ3v) is 3.18. The van der Waals surface area contributed by atoms with Crippen LogP contribution in [-0.2, 0) is 4.74 Å². The molecular formula is C15H28N2O2. The van der Waals surface area contributed by atoms with E-state index in [2.05, 4.69) is 24.1 Å². The molecular weight excluding hydrogens is 240 g/mol. The Morgan fingerprint density at radius 1 is 1.42 bits per heavy atom. The van der Waals surface area contributed by atoms with Crippen LogP contribution in [0.25, 0.3) is 0 Å². The van der Waals surface area contributed by atoms with Crippen LogP contribution in [0.5, 0.6) is 0 Å². The number of amides is 1. The Kier molecular flexibility index (Phi) is 5.85. The highest BCUT2D eigenvalue weighted by atomic mass is 16.6. The second-order valence-corrected chi connectivity index (χ2v) is 6.45. The van der Waals surface area contributed by atoms with E-state index in [1.165, 1.54) is 0 Å². The van der Waals surface area contributed by atoms with Gasteiger partial charge in [0, 0.05) is 18.1 Å². The van der Waals surface area contributed by atoms with Crippen molar-refractivity contribution in [3.8, 4) is 0 Å². The standard InChI is InChI=1S/C15H28N2O2/c1-6-7-8-11(2)16-12-9-13(10-12)17-14(18)19-15(3,4)5/h6,11-13,16H,1,7-10H2,2-5H3,(H,17,18). The van der Waals surface area contributed by atoms with E-state index >= 15 is 0 Å². The summed E-state index contributed by atoms with van der Waals surface area (Å²) in [6.45, 7) is 11.5. The lowest BCUT2D eigenvalue weighted by atomic mass is 9.86. The second kappa shape index (κ2) is 6.94. The van der Waals surface area contributed by atoms with E-state index in [-0.39, 0.29) is 12.1 Å². The van der Waals surface area contributed by atoms with E-state index in [0.29, 0.717) is 12.1 Å². The van der Waals surface area contributed by atoms with E-state index in [0.717, 1.165) is 25.7 Å². The summed E-state index contributed by atoms with van der Waals surface area (Å²) >= 11 is 0. The summed E-state index contributed by atoms with van der Waals surface area (Å²) in [4.78, 5) is 11.6. The molecule has 0 bridgehead atoms. The summed E-state index contributed by atoms with van der Waals surface area (Å²) in [5.74, 6) is 0. The molecule has 0 aromatic carbocycles. The number of rotatable bonds is 6. The first-order valence-electron chi connectivity index (χ1n) is 7.16. The fraction of sp³-hybridized carbons (Fsp3) is 0.800. The summed E-state index contributed by atoms with van der Waals surface area (Å²) in [6.07, 6.45) is 5.77. The SMILES string of the molecule is C=CCCC(C)NC1CC(NC(=O)OC(C)(C)C)C1. The molecule has 0 aromatic rings. The topological polar surface area (TPSA) is 50.4 Å². The summed E-state index contributed by atoms with van der Waals surface area (Å²) in [5, 5.41) is 6.46. The molecule has 110 valence electrons. The minimum Gasteiger partial charge on any atom is -0.444 e. The monoisotopic (exact) mass is 268 g/mol. The van der Waals surface area contributed by atoms with Crippen molar-refractivity contribution >= 4 is 6.09 Å². The molecule has 19 heavy (non-hydrogen) atoms. The van der Waals surface area contributed by atoms with Crippen molar-refractivity contribution < 1.29 is 9.53 Å². The maximum absolute atomic E-state index is 11.6. The van der Waals surface area contributed by atoms with E-state index in [1.807, 2.05) is 26.8 Å². The number of alkyl carbamates (subject to hydrolysis) is 1. The first kappa shape index (κ1) is 16.0. The van der Waals surface area contributed by atoms with Gasteiger partial charge in [0.05, 0.1) is 0 Å². The molecule has 2 N–H and O–H groups in total. The molecule has 1 unspecified atom stereocenters. The number of hydrogen-bond donors (Lipinski definition) is 2. The van der Waals surface area contributed by atoms with Gasteiger partial charge >= 0.3 is 6.09 Å². The van der Waals surface area contributed by atoms with Gasteiger partial charge in [-0.1, -0.05) is 6.08 Å². The molecule has 1 amide bonds. The Labute approximate surface area is 117 Å². The van der Waals surface area contributed by atoms with Gasteiger partial charge in [0.15, 0.2) is 0 Å². The molecule has 1 fully saturated rings. The molecule has 1 saturated carbocycles. The minimum absolute atomic E-state index is 0.249. The van der Waals surface area contributed by atoms with Crippen LogP contribution in [0.3, 0.4) is 0 Å². The first-order chi connectivity index (χ1) is 8.80. The zero-order valence-corrected chi connectivity index (χ0v) is 12.7. The van der Waals surface area contributed by atoms with Crippen LogP contribution >= 0.6 is 0 Å². The van der Waals surface area contributed by atoms with Gasteiger partial charge in [-0.25, -0.2) is 4.79 Å². The number of nitrogens with one attached hydrogen (secondary N) is 2. The average molecular weight is 268 g/mol. The van der Waals surface area contributed by atoms with Gasteiger partial charge in [-0.05, 0) is 53.4 Å². The van der Waals surface area contributed by atoms with Crippen LogP contribution in [0.4, 0.5) is 4.79 Å². The normalized spacial score (nSPS) is 24.2. The Morgan fingerprint density at radius 3 is 2.58 bits per heavy atom. The van der Waals surface area contributed by atoms with Crippen molar-refractivity contribution in [3.63, 3.8) is 0 Å². The van der Waals surface area contributed by atoms with Crippen molar-refractivity contribution in [1.82, 2.24) is 10.6 Å². The molecule has 0 spiro atoms. The molecule has 0 heterocycles. The smallest absolute Gasteiger partial charge is 0.407 e. The lowest BCUT2D eigenvalue weighted by Crippen LogP contribution is -2.54. The second-order valence-electron chi connectivity index (χ2n) is 6.45. The van der Waals surface area contributed by atoms with Crippen molar-refractivity contribution in [2.24, 2.45) is 0 Å². The molecule has 0 radical (unpaired) electrons. The van der Waals surface area contributed by atoms with Gasteiger partial charge in [0.1, 0.15) is 5.60 Å². The van der Waals surface area contributed by atoms with Crippen LogP contribution in [0, 0.1) is 0 Å². The largest absolute Gasteiger partial charge is 0.444 e. The molecule has 0 aromatic heterocycles. The van der Waals surface area contributed by atoms with Crippen LogP contribution < -0.4 is 10.6 Å². The maximum Gasteiger partial charge on any atom is 0.407 e. The number of carbonyl (C=O) groups excluding carboxylic acids is 1. The summed E-state index contributed by atoms with van der Waals surface area (Å²) in [6, 6.07) is 1.27. The fourth-order valence-corrected chi connectivity index (χ4v) is 2.20. The van der Waals surface area contributed by atoms with Gasteiger partial charge in [-0.3, -0.25) is 0 Å². The number of allylic oxidation sites excluding steroid dienone is 1.